The molecule has 136 valence electrons. The normalized spacial score (nSPS) is 10.7. The van der Waals surface area contributed by atoms with Gasteiger partial charge >= 0.3 is 5.97 Å². The molecule has 0 aliphatic rings. The van der Waals surface area contributed by atoms with E-state index in [1.54, 1.807) is 50.0 Å². The largest absolute Gasteiger partial charge is 0.493 e. The molecule has 3 rings (SSSR count). The summed E-state index contributed by atoms with van der Waals surface area (Å²) in [5.74, 6) is 0.235. The second kappa shape index (κ2) is 8.62. The van der Waals surface area contributed by atoms with E-state index in [0.29, 0.717) is 18.1 Å². The lowest BCUT2D eigenvalue weighted by molar-refractivity contribution is 0.0697. The van der Waals surface area contributed by atoms with Gasteiger partial charge < -0.3 is 14.6 Å². The van der Waals surface area contributed by atoms with Gasteiger partial charge in [0.25, 0.3) is 0 Å². The first-order valence-electron chi connectivity index (χ1n) is 8.23. The molecule has 3 aromatic rings. The van der Waals surface area contributed by atoms with E-state index >= 15 is 0 Å². The van der Waals surface area contributed by atoms with Crippen molar-refractivity contribution < 1.29 is 19.4 Å². The molecule has 0 atom stereocenters. The molecule has 1 N–H and O–H groups in total. The maximum absolute atomic E-state index is 10.9. The first-order chi connectivity index (χ1) is 13.2. The molecule has 0 fully saturated rings. The summed E-state index contributed by atoms with van der Waals surface area (Å²) >= 11 is 0. The maximum Gasteiger partial charge on any atom is 0.335 e. The molecule has 0 bridgehead atoms. The SMILES string of the molecule is COc1cc(C=Nc2cccnc2)ccc1OCc1ccc(C(=O)O)cc1. The number of carboxylic acid groups (broad SMARTS) is 1. The van der Waals surface area contributed by atoms with Gasteiger partial charge in [0.15, 0.2) is 11.5 Å². The lowest BCUT2D eigenvalue weighted by atomic mass is 10.1. The minimum absolute atomic E-state index is 0.244. The number of aromatic carboxylic acids is 1. The average Bonchev–Trinajstić information content (AvgIpc) is 2.72. The Balaban J connectivity index is 1.69. The standard InChI is InChI=1S/C21H18N2O4/c1-26-20-11-16(12-23-18-3-2-10-22-13-18)6-9-19(20)27-14-15-4-7-17(8-5-15)21(24)25/h2-13H,14H2,1H3,(H,24,25). The fraction of sp³-hybridized carbons (Fsp3) is 0.0952. The number of hydrogen-bond donors (Lipinski definition) is 1. The van der Waals surface area contributed by atoms with E-state index in [-0.39, 0.29) is 5.56 Å². The molecule has 0 saturated heterocycles. The van der Waals surface area contributed by atoms with Crippen LogP contribution in [0.1, 0.15) is 21.5 Å². The summed E-state index contributed by atoms with van der Waals surface area (Å²) in [6.45, 7) is 0.305. The number of benzene rings is 2. The number of carbonyl (C=O) groups is 1. The van der Waals surface area contributed by atoms with Gasteiger partial charge in [0.2, 0.25) is 0 Å². The van der Waals surface area contributed by atoms with Crippen molar-refractivity contribution in [3.63, 3.8) is 0 Å². The van der Waals surface area contributed by atoms with Crippen molar-refractivity contribution in [3.8, 4) is 11.5 Å². The van der Waals surface area contributed by atoms with Crippen LogP contribution in [0.25, 0.3) is 0 Å². The molecule has 6 nitrogen and oxygen atoms in total. The smallest absolute Gasteiger partial charge is 0.335 e. The molecule has 0 spiro atoms. The zero-order chi connectivity index (χ0) is 19.1. The Hall–Kier alpha value is -3.67. The molecule has 6 heteroatoms. The molecule has 1 aromatic heterocycles. The quantitative estimate of drug-likeness (QED) is 0.640. The Morgan fingerprint density at radius 2 is 1.96 bits per heavy atom. The molecule has 1 heterocycles. The van der Waals surface area contributed by atoms with Crippen LogP contribution in [0.4, 0.5) is 5.69 Å². The highest BCUT2D eigenvalue weighted by Crippen LogP contribution is 2.28. The lowest BCUT2D eigenvalue weighted by Gasteiger charge is -2.11. The second-order valence-electron chi connectivity index (χ2n) is 5.67. The Morgan fingerprint density at radius 3 is 2.63 bits per heavy atom. The number of rotatable bonds is 7. The number of hydrogen-bond acceptors (Lipinski definition) is 5. The van der Waals surface area contributed by atoms with Crippen LogP contribution >= 0.6 is 0 Å². The summed E-state index contributed by atoms with van der Waals surface area (Å²) in [7, 11) is 1.58. The summed E-state index contributed by atoms with van der Waals surface area (Å²) < 4.78 is 11.2. The number of methoxy groups -OCH3 is 1. The van der Waals surface area contributed by atoms with Gasteiger partial charge in [-0.15, -0.1) is 0 Å². The topological polar surface area (TPSA) is 81.0 Å². The van der Waals surface area contributed by atoms with E-state index in [2.05, 4.69) is 9.98 Å². The van der Waals surface area contributed by atoms with Crippen LogP contribution in [0, 0.1) is 0 Å². The Kier molecular flexibility index (Phi) is 5.79. The van der Waals surface area contributed by atoms with Crippen LogP contribution in [-0.4, -0.2) is 29.4 Å². The number of aromatic nitrogens is 1. The molecule has 0 amide bonds. The average molecular weight is 362 g/mol. The molecular weight excluding hydrogens is 344 g/mol. The van der Waals surface area contributed by atoms with E-state index in [1.165, 1.54) is 0 Å². The van der Waals surface area contributed by atoms with Gasteiger partial charge in [-0.2, -0.15) is 0 Å². The predicted octanol–water partition coefficient (Wildman–Crippen LogP) is 4.12. The van der Waals surface area contributed by atoms with Crippen molar-refractivity contribution in [2.75, 3.05) is 7.11 Å². The highest BCUT2D eigenvalue weighted by Gasteiger charge is 2.07. The van der Waals surface area contributed by atoms with Crippen LogP contribution in [0.5, 0.6) is 11.5 Å². The zero-order valence-corrected chi connectivity index (χ0v) is 14.7. The minimum atomic E-state index is -0.951. The highest BCUT2D eigenvalue weighted by molar-refractivity contribution is 5.87. The van der Waals surface area contributed by atoms with Crippen molar-refractivity contribution in [2.24, 2.45) is 4.99 Å². The fourth-order valence-corrected chi connectivity index (χ4v) is 2.37. The number of nitrogens with zero attached hydrogens (tertiary/aromatic N) is 2. The minimum Gasteiger partial charge on any atom is -0.493 e. The lowest BCUT2D eigenvalue weighted by Crippen LogP contribution is -2.00. The van der Waals surface area contributed by atoms with E-state index < -0.39 is 5.97 Å². The summed E-state index contributed by atoms with van der Waals surface area (Å²) in [6.07, 6.45) is 5.11. The Morgan fingerprint density at radius 1 is 1.15 bits per heavy atom. The molecule has 0 unspecified atom stereocenters. The zero-order valence-electron chi connectivity index (χ0n) is 14.7. The monoisotopic (exact) mass is 362 g/mol. The van der Waals surface area contributed by atoms with Crippen molar-refractivity contribution in [1.29, 1.82) is 0 Å². The molecule has 0 radical (unpaired) electrons. The van der Waals surface area contributed by atoms with Crippen molar-refractivity contribution in [3.05, 3.63) is 83.7 Å². The fourth-order valence-electron chi connectivity index (χ4n) is 2.37. The first kappa shape index (κ1) is 18.1. The van der Waals surface area contributed by atoms with Crippen LogP contribution in [0.2, 0.25) is 0 Å². The van der Waals surface area contributed by atoms with Crippen molar-refractivity contribution in [1.82, 2.24) is 4.98 Å². The van der Waals surface area contributed by atoms with Gasteiger partial charge in [0.05, 0.1) is 24.6 Å². The molecule has 0 aliphatic carbocycles. The van der Waals surface area contributed by atoms with Gasteiger partial charge in [-0.05, 0) is 53.6 Å². The van der Waals surface area contributed by atoms with Crippen LogP contribution in [-0.2, 0) is 6.61 Å². The first-order valence-corrected chi connectivity index (χ1v) is 8.23. The molecule has 0 saturated carbocycles. The molecule has 27 heavy (non-hydrogen) atoms. The summed E-state index contributed by atoms with van der Waals surface area (Å²) in [5.41, 5.74) is 2.74. The third kappa shape index (κ3) is 4.92. The van der Waals surface area contributed by atoms with Gasteiger partial charge in [-0.3, -0.25) is 9.98 Å². The van der Waals surface area contributed by atoms with Crippen molar-refractivity contribution in [2.45, 2.75) is 6.61 Å². The summed E-state index contributed by atoms with van der Waals surface area (Å²) in [4.78, 5) is 19.3. The van der Waals surface area contributed by atoms with E-state index in [9.17, 15) is 4.79 Å². The number of ether oxygens (including phenoxy) is 2. The maximum atomic E-state index is 10.9. The third-order valence-electron chi connectivity index (χ3n) is 3.79. The molecular formula is C21H18N2O4. The predicted molar refractivity (Wildman–Crippen MR) is 102 cm³/mol. The third-order valence-corrected chi connectivity index (χ3v) is 3.79. The summed E-state index contributed by atoms with van der Waals surface area (Å²) in [5, 5.41) is 8.93. The van der Waals surface area contributed by atoms with E-state index in [4.69, 9.17) is 14.6 Å². The van der Waals surface area contributed by atoms with Gasteiger partial charge in [-0.25, -0.2) is 4.79 Å². The number of carboxylic acids is 1. The second-order valence-corrected chi connectivity index (χ2v) is 5.67. The van der Waals surface area contributed by atoms with Gasteiger partial charge in [0.1, 0.15) is 6.61 Å². The highest BCUT2D eigenvalue weighted by atomic mass is 16.5. The van der Waals surface area contributed by atoms with Gasteiger partial charge in [-0.1, -0.05) is 12.1 Å². The van der Waals surface area contributed by atoms with Crippen LogP contribution in [0.3, 0.4) is 0 Å². The van der Waals surface area contributed by atoms with Crippen LogP contribution < -0.4 is 9.47 Å². The van der Waals surface area contributed by atoms with E-state index in [1.807, 2.05) is 30.3 Å². The molecule has 2 aromatic carbocycles. The summed E-state index contributed by atoms with van der Waals surface area (Å²) in [6, 6.07) is 15.8. The van der Waals surface area contributed by atoms with Crippen LogP contribution in [0.15, 0.2) is 72.0 Å². The van der Waals surface area contributed by atoms with Crippen molar-refractivity contribution >= 4 is 17.9 Å². The Labute approximate surface area is 156 Å². The number of pyridine rings is 1. The Bertz CT molecular complexity index is 938. The molecule has 0 aliphatic heterocycles. The van der Waals surface area contributed by atoms with E-state index in [0.717, 1.165) is 16.8 Å². The van der Waals surface area contributed by atoms with Gasteiger partial charge in [0, 0.05) is 12.4 Å². The number of aliphatic imine (C=N–C) groups is 1.